The molecule has 0 spiro atoms. The van der Waals surface area contributed by atoms with Crippen LogP contribution in [0.25, 0.3) is 11.3 Å². The molecular formula is C13H13BN4. The van der Waals surface area contributed by atoms with E-state index in [1.54, 1.807) is 16.8 Å². The molecule has 1 heterocycles. The third kappa shape index (κ3) is 1.97. The summed E-state index contributed by atoms with van der Waals surface area (Å²) in [6.45, 7) is 3.94. The molecule has 2 rings (SSSR count). The van der Waals surface area contributed by atoms with Gasteiger partial charge in [0.2, 0.25) is 0 Å². The zero-order valence-electron chi connectivity index (χ0n) is 10.4. The van der Waals surface area contributed by atoms with Gasteiger partial charge in [0.1, 0.15) is 31.0 Å². The van der Waals surface area contributed by atoms with E-state index >= 15 is 0 Å². The van der Waals surface area contributed by atoms with Crippen molar-refractivity contribution in [3.63, 3.8) is 0 Å². The maximum Gasteiger partial charge on any atom is 0.140 e. The largest absolute Gasteiger partial charge is 0.383 e. The summed E-state index contributed by atoms with van der Waals surface area (Å²) in [6.07, 6.45) is 0. The highest BCUT2D eigenvalue weighted by Gasteiger charge is 2.18. The molecular weight excluding hydrogens is 223 g/mol. The molecule has 2 N–H and O–H groups in total. The van der Waals surface area contributed by atoms with Crippen LogP contribution < -0.4 is 11.2 Å². The third-order valence-corrected chi connectivity index (χ3v) is 2.73. The number of nitrogens with zero attached hydrogens (tertiary/aromatic N) is 3. The van der Waals surface area contributed by atoms with E-state index in [-0.39, 0.29) is 6.04 Å². The average Bonchev–Trinajstić information content (AvgIpc) is 2.67. The molecule has 0 atom stereocenters. The second kappa shape index (κ2) is 4.57. The molecule has 0 unspecified atom stereocenters. The van der Waals surface area contributed by atoms with Crippen molar-refractivity contribution in [1.82, 2.24) is 9.78 Å². The van der Waals surface area contributed by atoms with Gasteiger partial charge in [-0.3, -0.25) is 0 Å². The van der Waals surface area contributed by atoms with Crippen molar-refractivity contribution in [3.05, 3.63) is 29.8 Å². The molecule has 0 bridgehead atoms. The number of nitrogens with two attached hydrogens (primary N) is 1. The molecule has 0 saturated heterocycles. The average molecular weight is 236 g/mol. The number of nitriles is 1. The summed E-state index contributed by atoms with van der Waals surface area (Å²) < 4.78 is 1.66. The predicted octanol–water partition coefficient (Wildman–Crippen LogP) is 1.38. The van der Waals surface area contributed by atoms with Crippen LogP contribution in [0.3, 0.4) is 0 Å². The minimum Gasteiger partial charge on any atom is -0.383 e. The lowest BCUT2D eigenvalue weighted by Gasteiger charge is -2.06. The van der Waals surface area contributed by atoms with Gasteiger partial charge < -0.3 is 5.73 Å². The normalized spacial score (nSPS) is 10.6. The van der Waals surface area contributed by atoms with Crippen LogP contribution in [0.4, 0.5) is 5.82 Å². The van der Waals surface area contributed by atoms with Gasteiger partial charge in [0.15, 0.2) is 0 Å². The first-order chi connectivity index (χ1) is 8.54. The maximum absolute atomic E-state index is 9.20. The lowest BCUT2D eigenvalue weighted by Crippen LogP contribution is -2.07. The van der Waals surface area contributed by atoms with E-state index in [0.29, 0.717) is 22.5 Å². The number of rotatable bonds is 2. The van der Waals surface area contributed by atoms with Crippen molar-refractivity contribution >= 4 is 19.1 Å². The van der Waals surface area contributed by atoms with Crippen LogP contribution in [0.1, 0.15) is 25.5 Å². The predicted molar refractivity (Wildman–Crippen MR) is 72.6 cm³/mol. The van der Waals surface area contributed by atoms with Crippen LogP contribution in [0.15, 0.2) is 24.3 Å². The summed E-state index contributed by atoms with van der Waals surface area (Å²) in [6, 6.07) is 9.45. The molecule has 2 aromatic rings. The van der Waals surface area contributed by atoms with Crippen molar-refractivity contribution in [2.75, 3.05) is 5.73 Å². The van der Waals surface area contributed by atoms with Crippen LogP contribution >= 0.6 is 0 Å². The summed E-state index contributed by atoms with van der Waals surface area (Å²) in [4.78, 5) is 0. The third-order valence-electron chi connectivity index (χ3n) is 2.73. The summed E-state index contributed by atoms with van der Waals surface area (Å²) in [5.74, 6) is 0.402. The Morgan fingerprint density at radius 1 is 1.33 bits per heavy atom. The van der Waals surface area contributed by atoms with Gasteiger partial charge in [-0.25, -0.2) is 4.68 Å². The van der Waals surface area contributed by atoms with Crippen molar-refractivity contribution in [2.45, 2.75) is 19.9 Å². The van der Waals surface area contributed by atoms with Crippen molar-refractivity contribution in [1.29, 1.82) is 5.26 Å². The van der Waals surface area contributed by atoms with Crippen LogP contribution in [-0.2, 0) is 0 Å². The van der Waals surface area contributed by atoms with E-state index in [9.17, 15) is 5.26 Å². The smallest absolute Gasteiger partial charge is 0.140 e. The summed E-state index contributed by atoms with van der Waals surface area (Å²) in [5, 5.41) is 13.6. The first-order valence-electron chi connectivity index (χ1n) is 5.68. The van der Waals surface area contributed by atoms with E-state index in [4.69, 9.17) is 13.6 Å². The highest BCUT2D eigenvalue weighted by atomic mass is 15.3. The molecule has 1 aromatic carbocycles. The van der Waals surface area contributed by atoms with Gasteiger partial charge >= 0.3 is 0 Å². The molecule has 0 saturated carbocycles. The Kier molecular flexibility index (Phi) is 3.11. The molecule has 18 heavy (non-hydrogen) atoms. The van der Waals surface area contributed by atoms with Crippen molar-refractivity contribution < 1.29 is 0 Å². The molecule has 0 fully saturated rings. The SMILES string of the molecule is [B]c1ccc(-c2nn(C(C)C)c(N)c2C#N)cc1. The second-order valence-electron chi connectivity index (χ2n) is 4.38. The Hall–Kier alpha value is -2.22. The molecule has 0 aliphatic carbocycles. The van der Waals surface area contributed by atoms with Crippen LogP contribution in [0, 0.1) is 11.3 Å². The summed E-state index contributed by atoms with van der Waals surface area (Å²) in [7, 11) is 5.64. The fourth-order valence-corrected chi connectivity index (χ4v) is 1.79. The summed E-state index contributed by atoms with van der Waals surface area (Å²) >= 11 is 0. The number of aromatic nitrogens is 2. The molecule has 1 aromatic heterocycles. The Bertz CT molecular complexity index is 605. The number of hydrogen-bond donors (Lipinski definition) is 1. The van der Waals surface area contributed by atoms with Gasteiger partial charge in [0.25, 0.3) is 0 Å². The van der Waals surface area contributed by atoms with E-state index in [2.05, 4.69) is 11.2 Å². The van der Waals surface area contributed by atoms with Crippen LogP contribution in [0.2, 0.25) is 0 Å². The Morgan fingerprint density at radius 3 is 2.44 bits per heavy atom. The summed E-state index contributed by atoms with van der Waals surface area (Å²) in [5.41, 5.74) is 8.46. The van der Waals surface area contributed by atoms with Crippen LogP contribution in [0.5, 0.6) is 0 Å². The van der Waals surface area contributed by atoms with Gasteiger partial charge in [-0.15, -0.1) is 0 Å². The van der Waals surface area contributed by atoms with E-state index in [1.165, 1.54) is 0 Å². The van der Waals surface area contributed by atoms with Gasteiger partial charge in [-0.2, -0.15) is 10.4 Å². The van der Waals surface area contributed by atoms with E-state index in [1.807, 2.05) is 26.0 Å². The quantitative estimate of drug-likeness (QED) is 0.801. The monoisotopic (exact) mass is 236 g/mol. The first-order valence-corrected chi connectivity index (χ1v) is 5.68. The Balaban J connectivity index is 2.61. The highest BCUT2D eigenvalue weighted by molar-refractivity contribution is 6.32. The number of hydrogen-bond acceptors (Lipinski definition) is 3. The van der Waals surface area contributed by atoms with Gasteiger partial charge in [0, 0.05) is 11.6 Å². The van der Waals surface area contributed by atoms with Crippen LogP contribution in [-0.4, -0.2) is 17.6 Å². The maximum atomic E-state index is 9.20. The minimum atomic E-state index is 0.111. The van der Waals surface area contributed by atoms with E-state index in [0.717, 1.165) is 5.56 Å². The zero-order valence-corrected chi connectivity index (χ0v) is 10.4. The lowest BCUT2D eigenvalue weighted by atomic mass is 9.94. The molecule has 88 valence electrons. The molecule has 4 nitrogen and oxygen atoms in total. The zero-order chi connectivity index (χ0) is 13.3. The van der Waals surface area contributed by atoms with Crippen molar-refractivity contribution in [3.8, 4) is 17.3 Å². The van der Waals surface area contributed by atoms with Gasteiger partial charge in [-0.1, -0.05) is 29.7 Å². The molecule has 0 amide bonds. The second-order valence-corrected chi connectivity index (χ2v) is 4.38. The Labute approximate surface area is 107 Å². The highest BCUT2D eigenvalue weighted by Crippen LogP contribution is 2.27. The number of benzene rings is 1. The number of nitrogen functional groups attached to an aromatic ring is 1. The fourth-order valence-electron chi connectivity index (χ4n) is 1.79. The van der Waals surface area contributed by atoms with Gasteiger partial charge in [-0.05, 0) is 13.8 Å². The first kappa shape index (κ1) is 12.2. The molecule has 0 aliphatic rings. The molecule has 5 heteroatoms. The van der Waals surface area contributed by atoms with E-state index < -0.39 is 0 Å². The lowest BCUT2D eigenvalue weighted by molar-refractivity contribution is 0.542. The topological polar surface area (TPSA) is 67.6 Å². The Morgan fingerprint density at radius 2 is 1.94 bits per heavy atom. The van der Waals surface area contributed by atoms with Crippen molar-refractivity contribution in [2.24, 2.45) is 0 Å². The molecule has 2 radical (unpaired) electrons. The number of anilines is 1. The fraction of sp³-hybridized carbons (Fsp3) is 0.231. The minimum absolute atomic E-state index is 0.111. The molecule has 0 aliphatic heterocycles. The van der Waals surface area contributed by atoms with Gasteiger partial charge in [0.05, 0.1) is 0 Å². The standard InChI is InChI=1S/C13H13BN4/c1-8(2)18-13(16)11(7-15)12(17-18)9-3-5-10(14)6-4-9/h3-6,8H,16H2,1-2H3.